The minimum absolute atomic E-state index is 0.250. The van der Waals surface area contributed by atoms with E-state index in [0.717, 1.165) is 0 Å². The summed E-state index contributed by atoms with van der Waals surface area (Å²) in [4.78, 5) is 2.81. The Bertz CT molecular complexity index is 353. The molecule has 1 aromatic rings. The lowest BCUT2D eigenvalue weighted by atomic mass is 10.4. The number of hydrogen-bond acceptors (Lipinski definition) is 2. The summed E-state index contributed by atoms with van der Waals surface area (Å²) >= 11 is 2.50. The number of halogens is 6. The first-order valence-electron chi connectivity index (χ1n) is 3.07. The zero-order valence-corrected chi connectivity index (χ0v) is 7.79. The third-order valence-electron chi connectivity index (χ3n) is 1.08. The average molecular weight is 278 g/mol. The predicted octanol–water partition coefficient (Wildman–Crippen LogP) is 3.02. The fourth-order valence-corrected chi connectivity index (χ4v) is 0.895. The molecule has 0 aliphatic heterocycles. The van der Waals surface area contributed by atoms with Crippen LogP contribution in [0, 0.1) is 11.8 Å². The smallest absolute Gasteiger partial charge is 0.401 e. The average Bonchev–Trinajstić information content (AvgIpc) is 1.97. The summed E-state index contributed by atoms with van der Waals surface area (Å²) in [6, 6.07) is 0.250. The Labute approximate surface area is 82.8 Å². The van der Waals surface area contributed by atoms with Crippen molar-refractivity contribution >= 4 is 15.9 Å². The highest BCUT2D eigenvalue weighted by Gasteiger charge is 2.33. The highest BCUT2D eigenvalue weighted by molar-refractivity contribution is 9.10. The first-order valence-corrected chi connectivity index (χ1v) is 3.86. The Kier molecular flexibility index (Phi) is 2.93. The van der Waals surface area contributed by atoms with Crippen LogP contribution in [0.5, 0.6) is 5.75 Å². The van der Waals surface area contributed by atoms with Crippen LogP contribution in [0.2, 0.25) is 0 Å². The van der Waals surface area contributed by atoms with E-state index in [1.54, 1.807) is 0 Å². The van der Waals surface area contributed by atoms with Gasteiger partial charge in [0.25, 0.3) is 5.95 Å². The van der Waals surface area contributed by atoms with Gasteiger partial charge < -0.3 is 4.74 Å². The number of hydrogen-bond donors (Lipinski definition) is 0. The van der Waals surface area contributed by atoms with Crippen LogP contribution in [-0.2, 0) is 0 Å². The van der Waals surface area contributed by atoms with E-state index in [4.69, 9.17) is 0 Å². The maximum Gasteiger partial charge on any atom is 0.573 e. The Morgan fingerprint density at radius 2 is 1.86 bits per heavy atom. The summed E-state index contributed by atoms with van der Waals surface area (Å²) in [6.07, 6.45) is -5.08. The lowest BCUT2D eigenvalue weighted by Gasteiger charge is -2.09. The topological polar surface area (TPSA) is 22.1 Å². The largest absolute Gasteiger partial charge is 0.573 e. The molecular formula is C6HBrF5NO. The molecule has 14 heavy (non-hydrogen) atoms. The van der Waals surface area contributed by atoms with Gasteiger partial charge in [0.05, 0.1) is 0 Å². The van der Waals surface area contributed by atoms with Crippen LogP contribution < -0.4 is 4.74 Å². The molecule has 8 heteroatoms. The van der Waals surface area contributed by atoms with Gasteiger partial charge in [0.1, 0.15) is 4.60 Å². The number of aromatic nitrogens is 1. The zero-order valence-electron chi connectivity index (χ0n) is 6.20. The van der Waals surface area contributed by atoms with Gasteiger partial charge in [-0.2, -0.15) is 4.39 Å². The Balaban J connectivity index is 3.04. The molecule has 1 rings (SSSR count). The Morgan fingerprint density at radius 3 is 2.36 bits per heavy atom. The molecule has 0 spiro atoms. The third-order valence-corrected chi connectivity index (χ3v) is 1.64. The van der Waals surface area contributed by atoms with Gasteiger partial charge in [-0.1, -0.05) is 0 Å². The van der Waals surface area contributed by atoms with Crippen molar-refractivity contribution in [2.75, 3.05) is 0 Å². The quantitative estimate of drug-likeness (QED) is 0.582. The second-order valence-electron chi connectivity index (χ2n) is 2.10. The van der Waals surface area contributed by atoms with Crippen LogP contribution in [-0.4, -0.2) is 11.3 Å². The van der Waals surface area contributed by atoms with Crippen molar-refractivity contribution in [2.24, 2.45) is 0 Å². The fraction of sp³-hybridized carbons (Fsp3) is 0.167. The van der Waals surface area contributed by atoms with Gasteiger partial charge in [-0.25, -0.2) is 9.37 Å². The van der Waals surface area contributed by atoms with Crippen molar-refractivity contribution in [1.82, 2.24) is 4.98 Å². The summed E-state index contributed by atoms with van der Waals surface area (Å²) < 4.78 is 62.7. The molecule has 0 N–H and O–H groups in total. The molecular weight excluding hydrogens is 277 g/mol. The van der Waals surface area contributed by atoms with Crippen LogP contribution in [0.4, 0.5) is 22.0 Å². The number of nitrogens with zero attached hydrogens (tertiary/aromatic N) is 1. The van der Waals surface area contributed by atoms with E-state index in [-0.39, 0.29) is 6.07 Å². The second kappa shape index (κ2) is 3.68. The lowest BCUT2D eigenvalue weighted by molar-refractivity contribution is -0.275. The lowest BCUT2D eigenvalue weighted by Crippen LogP contribution is -2.18. The number of rotatable bonds is 1. The molecule has 0 aromatic carbocycles. The molecule has 0 saturated carbocycles. The molecule has 1 heterocycles. The highest BCUT2D eigenvalue weighted by Crippen LogP contribution is 2.27. The van der Waals surface area contributed by atoms with Crippen molar-refractivity contribution < 1.29 is 26.7 Å². The number of pyridine rings is 1. The minimum atomic E-state index is -5.08. The highest BCUT2D eigenvalue weighted by atomic mass is 79.9. The van der Waals surface area contributed by atoms with Crippen molar-refractivity contribution in [3.05, 3.63) is 22.4 Å². The minimum Gasteiger partial charge on any atom is -0.401 e. The van der Waals surface area contributed by atoms with Gasteiger partial charge in [0, 0.05) is 6.07 Å². The van der Waals surface area contributed by atoms with Crippen LogP contribution in [0.3, 0.4) is 0 Å². The normalized spacial score (nSPS) is 11.6. The van der Waals surface area contributed by atoms with Gasteiger partial charge in [-0.05, 0) is 15.9 Å². The van der Waals surface area contributed by atoms with Crippen LogP contribution in [0.25, 0.3) is 0 Å². The molecule has 0 atom stereocenters. The molecule has 1 aromatic heterocycles. The second-order valence-corrected chi connectivity index (χ2v) is 2.85. The molecule has 0 aliphatic rings. The molecule has 0 aliphatic carbocycles. The maximum absolute atomic E-state index is 12.6. The van der Waals surface area contributed by atoms with Crippen molar-refractivity contribution in [2.45, 2.75) is 6.36 Å². The summed E-state index contributed by atoms with van der Waals surface area (Å²) in [5.41, 5.74) is 0. The summed E-state index contributed by atoms with van der Waals surface area (Å²) in [6.45, 7) is 0. The SMILES string of the molecule is Fc1cc(OC(F)(F)F)c(F)nc1Br. The Hall–Kier alpha value is -0.920. The Morgan fingerprint density at radius 1 is 1.29 bits per heavy atom. The van der Waals surface area contributed by atoms with Gasteiger partial charge in [0.15, 0.2) is 11.6 Å². The van der Waals surface area contributed by atoms with E-state index in [0.29, 0.717) is 0 Å². The van der Waals surface area contributed by atoms with Crippen LogP contribution in [0.15, 0.2) is 10.7 Å². The van der Waals surface area contributed by atoms with Crippen LogP contribution >= 0.6 is 15.9 Å². The molecule has 2 nitrogen and oxygen atoms in total. The number of ether oxygens (including phenoxy) is 1. The van der Waals surface area contributed by atoms with Gasteiger partial charge in [-0.15, -0.1) is 13.2 Å². The van der Waals surface area contributed by atoms with E-state index in [1.165, 1.54) is 0 Å². The van der Waals surface area contributed by atoms with E-state index >= 15 is 0 Å². The molecule has 0 saturated heterocycles. The van der Waals surface area contributed by atoms with Crippen molar-refractivity contribution in [3.63, 3.8) is 0 Å². The molecule has 78 valence electrons. The summed E-state index contributed by atoms with van der Waals surface area (Å²) in [5, 5.41) is 0. The maximum atomic E-state index is 12.6. The first kappa shape index (κ1) is 11.2. The zero-order chi connectivity index (χ0) is 10.9. The molecule has 0 fully saturated rings. The van der Waals surface area contributed by atoms with E-state index in [2.05, 4.69) is 25.7 Å². The molecule has 0 amide bonds. The predicted molar refractivity (Wildman–Crippen MR) is 38.5 cm³/mol. The first-order chi connectivity index (χ1) is 6.29. The van der Waals surface area contributed by atoms with Crippen molar-refractivity contribution in [3.8, 4) is 5.75 Å². The standard InChI is InChI=1S/C6HBrF5NO/c7-4-2(8)1-3(5(9)13-4)14-6(10,11)12/h1H. The number of alkyl halides is 3. The molecule has 0 bridgehead atoms. The molecule has 0 unspecified atom stereocenters. The van der Waals surface area contributed by atoms with Gasteiger partial charge in [0.2, 0.25) is 0 Å². The molecule has 0 radical (unpaired) electrons. The van der Waals surface area contributed by atoms with Gasteiger partial charge >= 0.3 is 6.36 Å². The van der Waals surface area contributed by atoms with E-state index < -0.39 is 28.5 Å². The van der Waals surface area contributed by atoms with Gasteiger partial charge in [-0.3, -0.25) is 0 Å². The van der Waals surface area contributed by atoms with E-state index in [9.17, 15) is 22.0 Å². The fourth-order valence-electron chi connectivity index (χ4n) is 0.625. The third kappa shape index (κ3) is 2.79. The van der Waals surface area contributed by atoms with Crippen LogP contribution in [0.1, 0.15) is 0 Å². The summed E-state index contributed by atoms with van der Waals surface area (Å²) in [5.74, 6) is -4.00. The van der Waals surface area contributed by atoms with Crippen molar-refractivity contribution in [1.29, 1.82) is 0 Å². The van der Waals surface area contributed by atoms with E-state index in [1.807, 2.05) is 0 Å². The monoisotopic (exact) mass is 277 g/mol. The summed E-state index contributed by atoms with van der Waals surface area (Å²) in [7, 11) is 0.